The molecule has 0 atom stereocenters. The summed E-state index contributed by atoms with van der Waals surface area (Å²) in [6.45, 7) is 5.13. The van der Waals surface area contributed by atoms with Crippen molar-refractivity contribution >= 4 is 18.0 Å². The Hall–Kier alpha value is -1.97. The third-order valence-electron chi connectivity index (χ3n) is 4.42. The summed E-state index contributed by atoms with van der Waals surface area (Å²) in [4.78, 5) is 0. The zero-order chi connectivity index (χ0) is 17.3. The normalized spacial score (nSPS) is 12.1. The summed E-state index contributed by atoms with van der Waals surface area (Å²) < 4.78 is 11.4. The third kappa shape index (κ3) is 5.52. The maximum Gasteiger partial charge on any atom is 0.161 e. The first kappa shape index (κ1) is 20.3. The summed E-state index contributed by atoms with van der Waals surface area (Å²) >= 11 is 0. The molecule has 0 fully saturated rings. The highest BCUT2D eigenvalue weighted by atomic mass is 35.5. The van der Waals surface area contributed by atoms with Crippen LogP contribution >= 0.6 is 12.4 Å². The highest BCUT2D eigenvalue weighted by molar-refractivity contribution is 5.85. The second kappa shape index (κ2) is 10.9. The lowest BCUT2D eigenvalue weighted by Gasteiger charge is -2.12. The van der Waals surface area contributed by atoms with Gasteiger partial charge in [-0.1, -0.05) is 42.5 Å². The van der Waals surface area contributed by atoms with Crippen molar-refractivity contribution in [2.24, 2.45) is 0 Å². The topological polar surface area (TPSA) is 30.5 Å². The van der Waals surface area contributed by atoms with Crippen molar-refractivity contribution in [1.29, 1.82) is 0 Å². The molecule has 0 bridgehead atoms. The van der Waals surface area contributed by atoms with E-state index in [0.717, 1.165) is 43.9 Å². The number of benzene rings is 2. The molecule has 0 aromatic heterocycles. The van der Waals surface area contributed by atoms with Crippen LogP contribution in [0.15, 0.2) is 54.6 Å². The number of allylic oxidation sites excluding steroid dienone is 2. The molecule has 0 saturated carbocycles. The first-order chi connectivity index (χ1) is 12.4. The number of rotatable bonds is 10. The summed E-state index contributed by atoms with van der Waals surface area (Å²) in [5.74, 6) is 1.63. The van der Waals surface area contributed by atoms with E-state index < -0.39 is 0 Å². The monoisotopic (exact) mass is 373 g/mol. The lowest BCUT2D eigenvalue weighted by Crippen LogP contribution is -2.22. The van der Waals surface area contributed by atoms with E-state index in [2.05, 4.69) is 35.7 Å². The molecule has 3 rings (SSSR count). The minimum Gasteiger partial charge on any atom is -0.490 e. The van der Waals surface area contributed by atoms with Gasteiger partial charge in [-0.25, -0.2) is 0 Å². The smallest absolute Gasteiger partial charge is 0.161 e. The van der Waals surface area contributed by atoms with Crippen molar-refractivity contribution in [1.82, 2.24) is 5.32 Å². The van der Waals surface area contributed by atoms with E-state index >= 15 is 0 Å². The SMILES string of the molecule is CCOc1ccccc1OCCNCCCC1=CCc2ccccc21.Cl. The van der Waals surface area contributed by atoms with Gasteiger partial charge in [0.15, 0.2) is 11.5 Å². The molecule has 0 heterocycles. The Kier molecular flexibility index (Phi) is 8.52. The van der Waals surface area contributed by atoms with Gasteiger partial charge < -0.3 is 14.8 Å². The molecule has 1 aliphatic rings. The molecule has 0 aliphatic heterocycles. The van der Waals surface area contributed by atoms with Gasteiger partial charge in [-0.05, 0) is 61.6 Å². The van der Waals surface area contributed by atoms with Crippen LogP contribution in [0.2, 0.25) is 0 Å². The molecule has 0 spiro atoms. The van der Waals surface area contributed by atoms with E-state index in [1.807, 2.05) is 31.2 Å². The Morgan fingerprint density at radius 1 is 0.923 bits per heavy atom. The summed E-state index contributed by atoms with van der Waals surface area (Å²) in [5, 5.41) is 3.46. The third-order valence-corrected chi connectivity index (χ3v) is 4.42. The predicted octanol–water partition coefficient (Wildman–Crippen LogP) is 4.90. The largest absolute Gasteiger partial charge is 0.490 e. The average Bonchev–Trinajstić information content (AvgIpc) is 3.06. The van der Waals surface area contributed by atoms with Gasteiger partial charge in [-0.15, -0.1) is 12.4 Å². The number of hydrogen-bond donors (Lipinski definition) is 1. The molecule has 2 aromatic rings. The molecule has 3 nitrogen and oxygen atoms in total. The predicted molar refractivity (Wildman–Crippen MR) is 111 cm³/mol. The summed E-state index contributed by atoms with van der Waals surface area (Å²) in [7, 11) is 0. The zero-order valence-electron chi connectivity index (χ0n) is 15.4. The standard InChI is InChI=1S/C22H27NO2.ClH/c1-2-24-21-11-5-6-12-22(21)25-17-16-23-15-7-9-19-14-13-18-8-3-4-10-20(18)19;/h3-6,8,10-12,14,23H,2,7,9,13,15-17H2,1H3;1H. The molecule has 1 aliphatic carbocycles. The number of hydrogen-bond acceptors (Lipinski definition) is 3. The lowest BCUT2D eigenvalue weighted by atomic mass is 10.0. The van der Waals surface area contributed by atoms with Crippen LogP contribution < -0.4 is 14.8 Å². The molecule has 4 heteroatoms. The highest BCUT2D eigenvalue weighted by Gasteiger charge is 2.12. The Bertz CT molecular complexity index is 715. The van der Waals surface area contributed by atoms with Crippen LogP contribution in [0, 0.1) is 0 Å². The first-order valence-corrected chi connectivity index (χ1v) is 9.21. The van der Waals surface area contributed by atoms with Crippen molar-refractivity contribution in [3.8, 4) is 11.5 Å². The molecule has 0 saturated heterocycles. The molecule has 2 aromatic carbocycles. The average molecular weight is 374 g/mol. The minimum atomic E-state index is 0. The van der Waals surface area contributed by atoms with Crippen LogP contribution in [-0.4, -0.2) is 26.3 Å². The van der Waals surface area contributed by atoms with Crippen LogP contribution in [0.3, 0.4) is 0 Å². The Morgan fingerprint density at radius 2 is 1.65 bits per heavy atom. The van der Waals surface area contributed by atoms with E-state index in [0.29, 0.717) is 13.2 Å². The molecule has 140 valence electrons. The maximum atomic E-state index is 5.82. The molecule has 26 heavy (non-hydrogen) atoms. The Labute approximate surface area is 162 Å². The van der Waals surface area contributed by atoms with Crippen molar-refractivity contribution < 1.29 is 9.47 Å². The number of ether oxygens (including phenoxy) is 2. The van der Waals surface area contributed by atoms with Crippen molar-refractivity contribution in [2.45, 2.75) is 26.2 Å². The van der Waals surface area contributed by atoms with Gasteiger partial charge in [-0.3, -0.25) is 0 Å². The van der Waals surface area contributed by atoms with Gasteiger partial charge in [0.1, 0.15) is 6.61 Å². The number of fused-ring (bicyclic) bond motifs is 1. The molecular formula is C22H28ClNO2. The molecule has 0 unspecified atom stereocenters. The highest BCUT2D eigenvalue weighted by Crippen LogP contribution is 2.30. The van der Waals surface area contributed by atoms with E-state index in [1.165, 1.54) is 16.7 Å². The van der Waals surface area contributed by atoms with Crippen molar-refractivity contribution in [3.63, 3.8) is 0 Å². The van der Waals surface area contributed by atoms with Crippen LogP contribution in [0.25, 0.3) is 5.57 Å². The molecule has 0 amide bonds. The van der Waals surface area contributed by atoms with Gasteiger partial charge in [0.2, 0.25) is 0 Å². The lowest BCUT2D eigenvalue weighted by molar-refractivity contribution is 0.276. The fourth-order valence-corrected chi connectivity index (χ4v) is 3.20. The van der Waals surface area contributed by atoms with Gasteiger partial charge in [0.25, 0.3) is 0 Å². The maximum absolute atomic E-state index is 5.82. The van der Waals surface area contributed by atoms with E-state index in [1.54, 1.807) is 0 Å². The van der Waals surface area contributed by atoms with Gasteiger partial charge in [-0.2, -0.15) is 0 Å². The molecule has 0 radical (unpaired) electrons. The fourth-order valence-electron chi connectivity index (χ4n) is 3.20. The van der Waals surface area contributed by atoms with Gasteiger partial charge in [0, 0.05) is 6.54 Å². The first-order valence-electron chi connectivity index (χ1n) is 9.21. The Balaban J connectivity index is 0.00000243. The Morgan fingerprint density at radius 3 is 2.46 bits per heavy atom. The van der Waals surface area contributed by atoms with Crippen molar-refractivity contribution in [2.75, 3.05) is 26.3 Å². The number of nitrogens with one attached hydrogen (secondary N) is 1. The second-order valence-electron chi connectivity index (χ2n) is 6.17. The van der Waals surface area contributed by atoms with Crippen LogP contribution in [-0.2, 0) is 6.42 Å². The minimum absolute atomic E-state index is 0. The molecular weight excluding hydrogens is 346 g/mol. The summed E-state index contributed by atoms with van der Waals surface area (Å²) in [5.41, 5.74) is 4.41. The summed E-state index contributed by atoms with van der Waals surface area (Å²) in [6, 6.07) is 16.6. The number of halogens is 1. The number of para-hydroxylation sites is 2. The zero-order valence-corrected chi connectivity index (χ0v) is 16.2. The van der Waals surface area contributed by atoms with E-state index in [-0.39, 0.29) is 12.4 Å². The quantitative estimate of drug-likeness (QED) is 0.601. The molecule has 1 N–H and O–H groups in total. The van der Waals surface area contributed by atoms with Crippen LogP contribution in [0.1, 0.15) is 30.9 Å². The second-order valence-corrected chi connectivity index (χ2v) is 6.17. The summed E-state index contributed by atoms with van der Waals surface area (Å²) in [6.07, 6.45) is 5.75. The van der Waals surface area contributed by atoms with Gasteiger partial charge >= 0.3 is 0 Å². The van der Waals surface area contributed by atoms with Crippen molar-refractivity contribution in [3.05, 3.63) is 65.7 Å². The fraction of sp³-hybridized carbons (Fsp3) is 0.364. The van der Waals surface area contributed by atoms with Crippen LogP contribution in [0.5, 0.6) is 11.5 Å². The van der Waals surface area contributed by atoms with E-state index in [4.69, 9.17) is 9.47 Å². The van der Waals surface area contributed by atoms with E-state index in [9.17, 15) is 0 Å². The van der Waals surface area contributed by atoms with Crippen LogP contribution in [0.4, 0.5) is 0 Å². The van der Waals surface area contributed by atoms with Gasteiger partial charge in [0.05, 0.1) is 6.61 Å².